The number of benzene rings is 1. The van der Waals surface area contributed by atoms with Crippen LogP contribution in [0.5, 0.6) is 0 Å². The SMILES string of the molecule is Cc1cccc(/C=C2/N=C(C3CCCC3)NC2=O)c1. The molecule has 0 saturated heterocycles. The van der Waals surface area contributed by atoms with Crippen molar-refractivity contribution in [1.82, 2.24) is 5.32 Å². The first-order valence-electron chi connectivity index (χ1n) is 6.91. The summed E-state index contributed by atoms with van der Waals surface area (Å²) in [5, 5.41) is 2.92. The van der Waals surface area contributed by atoms with Crippen LogP contribution < -0.4 is 5.32 Å². The molecular formula is C16H18N2O. The minimum Gasteiger partial charge on any atom is -0.308 e. The lowest BCUT2D eigenvalue weighted by atomic mass is 10.1. The van der Waals surface area contributed by atoms with Gasteiger partial charge in [-0.15, -0.1) is 0 Å². The summed E-state index contributed by atoms with van der Waals surface area (Å²) in [6.07, 6.45) is 6.66. The lowest BCUT2D eigenvalue weighted by Gasteiger charge is -2.06. The summed E-state index contributed by atoms with van der Waals surface area (Å²) in [5.41, 5.74) is 2.75. The highest BCUT2D eigenvalue weighted by molar-refractivity contribution is 6.15. The number of nitrogens with one attached hydrogen (secondary N) is 1. The van der Waals surface area contributed by atoms with Gasteiger partial charge in [0.1, 0.15) is 11.5 Å². The largest absolute Gasteiger partial charge is 0.308 e. The molecular weight excluding hydrogens is 236 g/mol. The third-order valence-corrected chi connectivity index (χ3v) is 3.80. The van der Waals surface area contributed by atoms with Crippen LogP contribution in [0.15, 0.2) is 35.0 Å². The normalized spacial score (nSPS) is 21.8. The molecule has 0 radical (unpaired) electrons. The minimum atomic E-state index is -0.0663. The zero-order chi connectivity index (χ0) is 13.2. The zero-order valence-corrected chi connectivity index (χ0v) is 11.1. The molecule has 0 bridgehead atoms. The van der Waals surface area contributed by atoms with E-state index in [1.807, 2.05) is 31.2 Å². The Hall–Kier alpha value is -1.90. The van der Waals surface area contributed by atoms with Crippen molar-refractivity contribution >= 4 is 17.8 Å². The molecule has 3 heteroatoms. The highest BCUT2D eigenvalue weighted by atomic mass is 16.2. The Morgan fingerprint density at radius 1 is 1.32 bits per heavy atom. The molecule has 0 aromatic heterocycles. The van der Waals surface area contributed by atoms with Crippen molar-refractivity contribution in [3.05, 3.63) is 41.1 Å². The Morgan fingerprint density at radius 2 is 2.11 bits per heavy atom. The number of carbonyl (C=O) groups is 1. The van der Waals surface area contributed by atoms with Crippen LogP contribution in [0.4, 0.5) is 0 Å². The Labute approximate surface area is 113 Å². The number of nitrogens with zero attached hydrogens (tertiary/aromatic N) is 1. The van der Waals surface area contributed by atoms with Crippen molar-refractivity contribution in [3.63, 3.8) is 0 Å². The van der Waals surface area contributed by atoms with Crippen molar-refractivity contribution in [3.8, 4) is 0 Å². The Morgan fingerprint density at radius 3 is 2.84 bits per heavy atom. The summed E-state index contributed by atoms with van der Waals surface area (Å²) in [6.45, 7) is 2.05. The van der Waals surface area contributed by atoms with Gasteiger partial charge in [-0.3, -0.25) is 4.79 Å². The molecule has 19 heavy (non-hydrogen) atoms. The second-order valence-corrected chi connectivity index (χ2v) is 5.38. The van der Waals surface area contributed by atoms with Crippen molar-refractivity contribution < 1.29 is 4.79 Å². The van der Waals surface area contributed by atoms with Gasteiger partial charge < -0.3 is 5.32 Å². The fourth-order valence-electron chi connectivity index (χ4n) is 2.80. The molecule has 1 N–H and O–H groups in total. The first kappa shape index (κ1) is 12.2. The van der Waals surface area contributed by atoms with Gasteiger partial charge in [0.05, 0.1) is 0 Å². The van der Waals surface area contributed by atoms with E-state index in [1.54, 1.807) is 0 Å². The van der Waals surface area contributed by atoms with Crippen molar-refractivity contribution in [2.45, 2.75) is 32.6 Å². The molecule has 1 amide bonds. The van der Waals surface area contributed by atoms with Gasteiger partial charge in [0.15, 0.2) is 0 Å². The van der Waals surface area contributed by atoms with E-state index in [0.29, 0.717) is 11.6 Å². The molecule has 1 aromatic carbocycles. The van der Waals surface area contributed by atoms with Gasteiger partial charge in [-0.25, -0.2) is 4.99 Å². The number of amidine groups is 1. The lowest BCUT2D eigenvalue weighted by molar-refractivity contribution is -0.115. The number of carbonyl (C=O) groups excluding carboxylic acids is 1. The number of hydrogen-bond acceptors (Lipinski definition) is 2. The van der Waals surface area contributed by atoms with Crippen molar-refractivity contribution in [2.24, 2.45) is 10.9 Å². The average molecular weight is 254 g/mol. The summed E-state index contributed by atoms with van der Waals surface area (Å²) in [4.78, 5) is 16.4. The molecule has 1 aliphatic carbocycles. The smallest absolute Gasteiger partial charge is 0.275 e. The maximum Gasteiger partial charge on any atom is 0.275 e. The topological polar surface area (TPSA) is 41.5 Å². The van der Waals surface area contributed by atoms with E-state index in [2.05, 4.69) is 16.4 Å². The standard InChI is InChI=1S/C16H18N2O/c1-11-5-4-6-12(9-11)10-14-16(19)18-15(17-14)13-7-2-3-8-13/h4-6,9-10,13H,2-3,7-8H2,1H3,(H,17,18,19)/b14-10+. The Bertz CT molecular complexity index is 566. The third kappa shape index (κ3) is 2.60. The Kier molecular flexibility index (Phi) is 3.20. The molecule has 0 atom stereocenters. The molecule has 1 fully saturated rings. The van der Waals surface area contributed by atoms with Gasteiger partial charge >= 0.3 is 0 Å². The van der Waals surface area contributed by atoms with E-state index >= 15 is 0 Å². The number of aliphatic imine (C=N–C) groups is 1. The zero-order valence-electron chi connectivity index (χ0n) is 11.1. The molecule has 1 saturated carbocycles. The van der Waals surface area contributed by atoms with Gasteiger partial charge in [-0.1, -0.05) is 42.7 Å². The quantitative estimate of drug-likeness (QED) is 0.810. The van der Waals surface area contributed by atoms with E-state index in [9.17, 15) is 4.79 Å². The molecule has 3 rings (SSSR count). The van der Waals surface area contributed by atoms with E-state index in [1.165, 1.54) is 18.4 Å². The van der Waals surface area contributed by atoms with Crippen LogP contribution in [0.3, 0.4) is 0 Å². The van der Waals surface area contributed by atoms with Gasteiger partial charge in [0.2, 0.25) is 0 Å². The van der Waals surface area contributed by atoms with Crippen LogP contribution in [0.1, 0.15) is 36.8 Å². The van der Waals surface area contributed by atoms with E-state index in [4.69, 9.17) is 0 Å². The first-order valence-corrected chi connectivity index (χ1v) is 6.91. The minimum absolute atomic E-state index is 0.0663. The third-order valence-electron chi connectivity index (χ3n) is 3.80. The summed E-state index contributed by atoms with van der Waals surface area (Å²) in [5.74, 6) is 1.26. The number of amides is 1. The van der Waals surface area contributed by atoms with Crippen LogP contribution in [0, 0.1) is 12.8 Å². The fourth-order valence-corrected chi connectivity index (χ4v) is 2.80. The summed E-state index contributed by atoms with van der Waals surface area (Å²) >= 11 is 0. The summed E-state index contributed by atoms with van der Waals surface area (Å²) in [6, 6.07) is 8.10. The van der Waals surface area contributed by atoms with Crippen LogP contribution in [-0.2, 0) is 4.79 Å². The summed E-state index contributed by atoms with van der Waals surface area (Å²) in [7, 11) is 0. The molecule has 1 aliphatic heterocycles. The highest BCUT2D eigenvalue weighted by Crippen LogP contribution is 2.28. The number of rotatable bonds is 2. The molecule has 1 heterocycles. The second-order valence-electron chi connectivity index (χ2n) is 5.38. The molecule has 0 spiro atoms. The van der Waals surface area contributed by atoms with Gasteiger partial charge in [-0.05, 0) is 31.4 Å². The van der Waals surface area contributed by atoms with Gasteiger partial charge in [0, 0.05) is 5.92 Å². The highest BCUT2D eigenvalue weighted by Gasteiger charge is 2.28. The van der Waals surface area contributed by atoms with Crippen molar-refractivity contribution in [2.75, 3.05) is 0 Å². The van der Waals surface area contributed by atoms with E-state index in [-0.39, 0.29) is 5.91 Å². The predicted octanol–water partition coefficient (Wildman–Crippen LogP) is 3.05. The fraction of sp³-hybridized carbons (Fsp3) is 0.375. The van der Waals surface area contributed by atoms with Gasteiger partial charge in [-0.2, -0.15) is 0 Å². The summed E-state index contributed by atoms with van der Waals surface area (Å²) < 4.78 is 0. The molecule has 0 unspecified atom stereocenters. The molecule has 98 valence electrons. The van der Waals surface area contributed by atoms with Crippen LogP contribution in [-0.4, -0.2) is 11.7 Å². The number of hydrogen-bond donors (Lipinski definition) is 1. The van der Waals surface area contributed by atoms with Gasteiger partial charge in [0.25, 0.3) is 5.91 Å². The van der Waals surface area contributed by atoms with Crippen LogP contribution >= 0.6 is 0 Å². The average Bonchev–Trinajstić information content (AvgIpc) is 3.00. The number of aryl methyl sites for hydroxylation is 1. The maximum absolute atomic E-state index is 11.9. The second kappa shape index (κ2) is 5.00. The maximum atomic E-state index is 11.9. The lowest BCUT2D eigenvalue weighted by Crippen LogP contribution is -2.29. The van der Waals surface area contributed by atoms with E-state index < -0.39 is 0 Å². The molecule has 1 aromatic rings. The molecule has 2 aliphatic rings. The van der Waals surface area contributed by atoms with Crippen LogP contribution in [0.25, 0.3) is 6.08 Å². The van der Waals surface area contributed by atoms with E-state index in [0.717, 1.165) is 24.2 Å². The monoisotopic (exact) mass is 254 g/mol. The predicted molar refractivity (Wildman–Crippen MR) is 76.7 cm³/mol. The first-order chi connectivity index (χ1) is 9.22. The van der Waals surface area contributed by atoms with Crippen molar-refractivity contribution in [1.29, 1.82) is 0 Å². The Balaban J connectivity index is 1.85. The molecule has 3 nitrogen and oxygen atoms in total. The van der Waals surface area contributed by atoms with Crippen LogP contribution in [0.2, 0.25) is 0 Å².